The van der Waals surface area contributed by atoms with Crippen LogP contribution in [0.25, 0.3) is 10.4 Å². The lowest BCUT2D eigenvalue weighted by molar-refractivity contribution is -0.166. The van der Waals surface area contributed by atoms with Crippen LogP contribution in [0, 0.1) is 25.2 Å². The molecule has 0 spiro atoms. The van der Waals surface area contributed by atoms with Crippen molar-refractivity contribution >= 4 is 43.5 Å². The fraction of sp³-hybridized carbons (Fsp3) is 0.455. The second-order valence-electron chi connectivity index (χ2n) is 9.48. The summed E-state index contributed by atoms with van der Waals surface area (Å²) >= 11 is 1.04. The number of carboxylic acid groups (broad SMARTS) is 1. The van der Waals surface area contributed by atoms with E-state index in [-0.39, 0.29) is 34.2 Å². The molecule has 0 aliphatic carbocycles. The molecule has 5 heterocycles. The molecule has 14 heteroatoms. The zero-order chi connectivity index (χ0) is 26.5. The molecule has 2 aliphatic rings. The number of rotatable bonds is 6. The van der Waals surface area contributed by atoms with Crippen LogP contribution in [-0.2, 0) is 25.8 Å². The van der Waals surface area contributed by atoms with Gasteiger partial charge in [-0.25, -0.2) is 23.0 Å². The van der Waals surface area contributed by atoms with Crippen LogP contribution in [0.5, 0.6) is 0 Å². The molecule has 0 unspecified atom stereocenters. The van der Waals surface area contributed by atoms with Gasteiger partial charge in [-0.1, -0.05) is 6.92 Å². The second-order valence-corrected chi connectivity index (χ2v) is 12.4. The molecule has 0 saturated carbocycles. The summed E-state index contributed by atoms with van der Waals surface area (Å²) in [6.45, 7) is 6.37. The predicted molar refractivity (Wildman–Crippen MR) is 125 cm³/mol. The molecular formula is C22H23N3O9S2. The van der Waals surface area contributed by atoms with Crippen molar-refractivity contribution in [3.63, 3.8) is 0 Å². The number of thiazole rings is 1. The number of aliphatic carboxylic acids is 1. The normalized spacial score (nSPS) is 24.9. The van der Waals surface area contributed by atoms with Gasteiger partial charge in [0.25, 0.3) is 0 Å². The van der Waals surface area contributed by atoms with E-state index in [9.17, 15) is 33.0 Å². The van der Waals surface area contributed by atoms with E-state index < -0.39 is 51.0 Å². The minimum atomic E-state index is -3.68. The SMILES string of the molecule is Cc1oc(=O)oc1C[C@@]1(C)C(c2cn3c(C)nc(S(C)(=O)=O)c3s2)=C(C(=O)O)N2C(=O)[C@H]([C@@H](C)O)[C@@H]21. The van der Waals surface area contributed by atoms with Crippen molar-refractivity contribution in [3.05, 3.63) is 44.7 Å². The number of fused-ring (bicyclic) bond motifs is 2. The molecule has 1 saturated heterocycles. The number of aliphatic hydroxyl groups excluding tert-OH is 1. The minimum Gasteiger partial charge on any atom is -0.477 e. The summed E-state index contributed by atoms with van der Waals surface area (Å²) in [7, 11) is -3.68. The number of carbonyl (C=O) groups is 2. The summed E-state index contributed by atoms with van der Waals surface area (Å²) in [5, 5.41) is 20.5. The number of hydrogen-bond donors (Lipinski definition) is 2. The van der Waals surface area contributed by atoms with Crippen LogP contribution in [0.4, 0.5) is 0 Å². The molecule has 0 aromatic carbocycles. The highest BCUT2D eigenvalue weighted by molar-refractivity contribution is 7.91. The van der Waals surface area contributed by atoms with Crippen molar-refractivity contribution in [2.75, 3.05) is 6.26 Å². The average Bonchev–Trinajstić information content (AvgIpc) is 3.43. The van der Waals surface area contributed by atoms with Gasteiger partial charge in [-0.3, -0.25) is 9.20 Å². The molecule has 2 N–H and O–H groups in total. The van der Waals surface area contributed by atoms with E-state index in [1.54, 1.807) is 31.4 Å². The molecule has 3 aromatic rings. The Morgan fingerprint density at radius 3 is 2.50 bits per heavy atom. The lowest BCUT2D eigenvalue weighted by atomic mass is 9.65. The summed E-state index contributed by atoms with van der Waals surface area (Å²) in [5.74, 6) is -2.88. The molecule has 1 amide bonds. The van der Waals surface area contributed by atoms with E-state index in [2.05, 4.69) is 4.98 Å². The van der Waals surface area contributed by atoms with E-state index in [0.717, 1.165) is 17.6 Å². The lowest BCUT2D eigenvalue weighted by Crippen LogP contribution is -2.66. The highest BCUT2D eigenvalue weighted by Crippen LogP contribution is 2.59. The Morgan fingerprint density at radius 1 is 1.31 bits per heavy atom. The standard InChI is InChI=1S/C22H23N3O9S2/c1-8(26)13-16-22(4,6-11-9(2)33-21(30)34-11)14(15(20(28)29)25(16)18(13)27)12-7-24-10(3)23-17(19(24)35-12)36(5,31)32/h7-8,13,16,26H,6H2,1-5H3,(H,28,29)/t8-,13-,16-,22+/m1/s1. The van der Waals surface area contributed by atoms with Gasteiger partial charge < -0.3 is 23.9 Å². The molecule has 0 bridgehead atoms. The highest BCUT2D eigenvalue weighted by Gasteiger charge is 2.66. The minimum absolute atomic E-state index is 0.00267. The van der Waals surface area contributed by atoms with E-state index in [1.807, 2.05) is 0 Å². The number of hydrogen-bond acceptors (Lipinski definition) is 10. The number of nitrogens with zero attached hydrogens (tertiary/aromatic N) is 3. The Balaban J connectivity index is 1.79. The van der Waals surface area contributed by atoms with E-state index in [1.165, 1.54) is 11.8 Å². The van der Waals surface area contributed by atoms with Crippen LogP contribution >= 0.6 is 11.3 Å². The molecular weight excluding hydrogens is 514 g/mol. The monoisotopic (exact) mass is 537 g/mol. The van der Waals surface area contributed by atoms with Crippen molar-refractivity contribution in [1.82, 2.24) is 14.3 Å². The van der Waals surface area contributed by atoms with Crippen molar-refractivity contribution in [3.8, 4) is 0 Å². The number of aromatic nitrogens is 2. The maximum atomic E-state index is 13.0. The van der Waals surface area contributed by atoms with E-state index in [0.29, 0.717) is 15.5 Å². The summed E-state index contributed by atoms with van der Waals surface area (Å²) in [5.41, 5.74) is -1.13. The van der Waals surface area contributed by atoms with Crippen molar-refractivity contribution in [1.29, 1.82) is 0 Å². The number of amides is 1. The molecule has 1 fully saturated rings. The zero-order valence-corrected chi connectivity index (χ0v) is 21.6. The Labute approximate surface area is 208 Å². The van der Waals surface area contributed by atoms with Crippen LogP contribution in [0.1, 0.15) is 36.1 Å². The van der Waals surface area contributed by atoms with Crippen molar-refractivity contribution < 1.29 is 37.1 Å². The number of imidazole rings is 1. The molecule has 12 nitrogen and oxygen atoms in total. The average molecular weight is 538 g/mol. The van der Waals surface area contributed by atoms with Crippen LogP contribution in [0.3, 0.4) is 0 Å². The predicted octanol–water partition coefficient (Wildman–Crippen LogP) is 1.23. The molecule has 36 heavy (non-hydrogen) atoms. The topological polar surface area (TPSA) is 173 Å². The zero-order valence-electron chi connectivity index (χ0n) is 19.9. The van der Waals surface area contributed by atoms with Gasteiger partial charge in [-0.05, 0) is 20.8 Å². The first-order chi connectivity index (χ1) is 16.7. The number of aliphatic hydroxyl groups is 1. The number of β-lactam (4-membered cyclic amide) rings is 1. The van der Waals surface area contributed by atoms with Gasteiger partial charge in [0.15, 0.2) is 20.6 Å². The first kappa shape index (κ1) is 24.5. The smallest absolute Gasteiger partial charge is 0.477 e. The molecule has 0 radical (unpaired) electrons. The van der Waals surface area contributed by atoms with Gasteiger partial charge >= 0.3 is 11.8 Å². The summed E-state index contributed by atoms with van der Waals surface area (Å²) < 4.78 is 36.5. The Kier molecular flexibility index (Phi) is 5.19. The van der Waals surface area contributed by atoms with E-state index >= 15 is 0 Å². The first-order valence-electron chi connectivity index (χ1n) is 10.9. The Morgan fingerprint density at radius 2 is 1.97 bits per heavy atom. The van der Waals surface area contributed by atoms with Gasteiger partial charge in [0.05, 0.1) is 22.9 Å². The molecule has 5 rings (SSSR count). The second kappa shape index (κ2) is 7.63. The number of aryl methyl sites for hydroxylation is 2. The Hall–Kier alpha value is -3.23. The van der Waals surface area contributed by atoms with Crippen LogP contribution in [0.15, 0.2) is 30.5 Å². The summed E-state index contributed by atoms with van der Waals surface area (Å²) in [4.78, 5) is 43.3. The van der Waals surface area contributed by atoms with Gasteiger partial charge in [0, 0.05) is 29.9 Å². The number of carbonyl (C=O) groups excluding carboxylic acids is 1. The quantitative estimate of drug-likeness (QED) is 0.435. The molecule has 4 atom stereocenters. The highest BCUT2D eigenvalue weighted by atomic mass is 32.2. The number of sulfone groups is 1. The van der Waals surface area contributed by atoms with Gasteiger partial charge in [0.2, 0.25) is 5.91 Å². The third-order valence-electron chi connectivity index (χ3n) is 6.99. The Bertz CT molecular complexity index is 1650. The van der Waals surface area contributed by atoms with Crippen molar-refractivity contribution in [2.24, 2.45) is 11.3 Å². The largest absolute Gasteiger partial charge is 0.519 e. The third-order valence-corrected chi connectivity index (χ3v) is 9.22. The maximum Gasteiger partial charge on any atom is 0.519 e. The summed E-state index contributed by atoms with van der Waals surface area (Å²) in [6, 6.07) is -0.749. The van der Waals surface area contributed by atoms with Crippen LogP contribution in [0.2, 0.25) is 0 Å². The molecule has 2 aliphatic heterocycles. The fourth-order valence-electron chi connectivity index (χ4n) is 5.47. The first-order valence-corrected chi connectivity index (χ1v) is 13.6. The van der Waals surface area contributed by atoms with Gasteiger partial charge in [0.1, 0.15) is 22.1 Å². The number of carboxylic acids is 1. The van der Waals surface area contributed by atoms with Gasteiger partial charge in [-0.15, -0.1) is 11.3 Å². The van der Waals surface area contributed by atoms with Gasteiger partial charge in [-0.2, -0.15) is 0 Å². The maximum absolute atomic E-state index is 13.0. The van der Waals surface area contributed by atoms with Crippen LogP contribution < -0.4 is 5.82 Å². The lowest BCUT2D eigenvalue weighted by Gasteiger charge is -2.50. The third kappa shape index (κ3) is 3.24. The fourth-order valence-corrected chi connectivity index (χ4v) is 7.98. The summed E-state index contributed by atoms with van der Waals surface area (Å²) in [6.07, 6.45) is 1.57. The molecule has 192 valence electrons. The molecule has 3 aromatic heterocycles. The van der Waals surface area contributed by atoms with Crippen molar-refractivity contribution in [2.45, 2.75) is 51.3 Å². The van der Waals surface area contributed by atoms with Crippen LogP contribution in [-0.4, -0.2) is 63.2 Å². The van der Waals surface area contributed by atoms with E-state index in [4.69, 9.17) is 8.83 Å².